The first-order valence-electron chi connectivity index (χ1n) is 6.35. The lowest BCUT2D eigenvalue weighted by Crippen LogP contribution is -2.02. The van der Waals surface area contributed by atoms with Gasteiger partial charge in [-0.2, -0.15) is 0 Å². The van der Waals surface area contributed by atoms with Gasteiger partial charge in [-0.25, -0.2) is 9.97 Å². The molecule has 1 aromatic carbocycles. The molecule has 3 aromatic rings. The van der Waals surface area contributed by atoms with E-state index < -0.39 is 0 Å². The molecule has 0 atom stereocenters. The molecule has 0 saturated carbocycles. The molecule has 0 aliphatic rings. The zero-order valence-corrected chi connectivity index (χ0v) is 11.0. The summed E-state index contributed by atoms with van der Waals surface area (Å²) < 4.78 is 5.82. The van der Waals surface area contributed by atoms with E-state index in [4.69, 9.17) is 4.42 Å². The Morgan fingerprint density at radius 2 is 2.00 bits per heavy atom. The van der Waals surface area contributed by atoms with Crippen molar-refractivity contribution in [3.63, 3.8) is 0 Å². The van der Waals surface area contributed by atoms with E-state index in [0.717, 1.165) is 40.6 Å². The predicted molar refractivity (Wildman–Crippen MR) is 76.1 cm³/mol. The van der Waals surface area contributed by atoms with Crippen LogP contribution >= 0.6 is 0 Å². The van der Waals surface area contributed by atoms with Gasteiger partial charge in [0.15, 0.2) is 5.76 Å². The maximum Gasteiger partial charge on any atom is 0.154 e. The van der Waals surface area contributed by atoms with Crippen LogP contribution in [0.2, 0.25) is 0 Å². The number of nitrogens with one attached hydrogen (secondary N) is 1. The maximum atomic E-state index is 5.82. The first-order valence-corrected chi connectivity index (χ1v) is 6.35. The second kappa shape index (κ2) is 4.72. The molecule has 1 N–H and O–H groups in total. The van der Waals surface area contributed by atoms with Crippen molar-refractivity contribution >= 4 is 16.8 Å². The summed E-state index contributed by atoms with van der Waals surface area (Å²) in [6.45, 7) is 4.75. The molecule has 2 heterocycles. The summed E-state index contributed by atoms with van der Waals surface area (Å²) in [5.74, 6) is 2.32. The van der Waals surface area contributed by atoms with Crippen molar-refractivity contribution in [1.29, 1.82) is 0 Å². The Kier molecular flexibility index (Phi) is 2.91. The van der Waals surface area contributed by atoms with Crippen LogP contribution in [0.15, 0.2) is 40.8 Å². The zero-order chi connectivity index (χ0) is 13.2. The lowest BCUT2D eigenvalue weighted by Gasteiger charge is -2.04. The third kappa shape index (κ3) is 2.29. The molecular weight excluding hydrogens is 238 g/mol. The third-order valence-corrected chi connectivity index (χ3v) is 2.87. The quantitative estimate of drug-likeness (QED) is 0.774. The first kappa shape index (κ1) is 11.7. The Labute approximate surface area is 111 Å². The van der Waals surface area contributed by atoms with Crippen molar-refractivity contribution in [2.24, 2.45) is 0 Å². The number of hydrogen-bond donors (Lipinski definition) is 1. The van der Waals surface area contributed by atoms with Crippen LogP contribution in [0.3, 0.4) is 0 Å². The monoisotopic (exact) mass is 253 g/mol. The topological polar surface area (TPSA) is 51.0 Å². The molecule has 0 radical (unpaired) electrons. The highest BCUT2D eigenvalue weighted by Gasteiger charge is 2.09. The fourth-order valence-corrected chi connectivity index (χ4v) is 2.07. The second-order valence-corrected chi connectivity index (χ2v) is 4.36. The lowest BCUT2D eigenvalue weighted by atomic mass is 10.2. The molecule has 0 unspecified atom stereocenters. The van der Waals surface area contributed by atoms with Crippen molar-refractivity contribution < 1.29 is 4.42 Å². The van der Waals surface area contributed by atoms with Gasteiger partial charge in [0.1, 0.15) is 22.9 Å². The summed E-state index contributed by atoms with van der Waals surface area (Å²) in [5, 5.41) is 4.28. The molecule has 96 valence electrons. The van der Waals surface area contributed by atoms with Gasteiger partial charge in [0.25, 0.3) is 0 Å². The zero-order valence-electron chi connectivity index (χ0n) is 11.0. The number of hydrogen-bond acceptors (Lipinski definition) is 4. The van der Waals surface area contributed by atoms with Crippen LogP contribution in [-0.2, 0) is 0 Å². The van der Waals surface area contributed by atoms with Crippen molar-refractivity contribution in [1.82, 2.24) is 9.97 Å². The molecule has 3 rings (SSSR count). The molecular formula is C15H15N3O. The Morgan fingerprint density at radius 3 is 2.79 bits per heavy atom. The summed E-state index contributed by atoms with van der Waals surface area (Å²) in [5.41, 5.74) is 1.68. The number of aromatic nitrogens is 2. The van der Waals surface area contributed by atoms with Gasteiger partial charge in [-0.3, -0.25) is 0 Å². The van der Waals surface area contributed by atoms with Gasteiger partial charge in [0, 0.05) is 18.0 Å². The number of anilines is 1. The Balaban J connectivity index is 2.09. The van der Waals surface area contributed by atoms with E-state index in [2.05, 4.69) is 15.3 Å². The van der Waals surface area contributed by atoms with E-state index in [1.807, 2.05) is 50.2 Å². The van der Waals surface area contributed by atoms with Gasteiger partial charge in [0.05, 0.1) is 0 Å². The van der Waals surface area contributed by atoms with Crippen molar-refractivity contribution in [3.8, 4) is 11.5 Å². The maximum absolute atomic E-state index is 5.82. The molecule has 2 aromatic heterocycles. The molecule has 0 spiro atoms. The van der Waals surface area contributed by atoms with E-state index in [1.54, 1.807) is 0 Å². The Hall–Kier alpha value is -2.36. The number of nitrogens with zero attached hydrogens (tertiary/aromatic N) is 2. The highest BCUT2D eigenvalue weighted by molar-refractivity contribution is 5.82. The molecule has 0 aliphatic heterocycles. The summed E-state index contributed by atoms with van der Waals surface area (Å²) >= 11 is 0. The number of rotatable bonds is 3. The molecule has 0 amide bonds. The van der Waals surface area contributed by atoms with Crippen molar-refractivity contribution in [2.75, 3.05) is 11.9 Å². The molecule has 0 fully saturated rings. The van der Waals surface area contributed by atoms with Gasteiger partial charge in [-0.05, 0) is 26.0 Å². The van der Waals surface area contributed by atoms with Crippen LogP contribution in [-0.4, -0.2) is 16.5 Å². The van der Waals surface area contributed by atoms with Crippen LogP contribution < -0.4 is 5.32 Å². The van der Waals surface area contributed by atoms with E-state index in [0.29, 0.717) is 0 Å². The molecule has 19 heavy (non-hydrogen) atoms. The minimum atomic E-state index is 0.730. The average molecular weight is 253 g/mol. The minimum absolute atomic E-state index is 0.730. The van der Waals surface area contributed by atoms with Gasteiger partial charge >= 0.3 is 0 Å². The number of benzene rings is 1. The largest absolute Gasteiger partial charge is 0.454 e. The van der Waals surface area contributed by atoms with Crippen LogP contribution in [0.1, 0.15) is 12.7 Å². The molecule has 0 bridgehead atoms. The standard InChI is InChI=1S/C15H15N3O/c1-3-16-15-9-12(17-10(2)18-15)14-8-11-6-4-5-7-13(11)19-14/h4-9H,3H2,1-2H3,(H,16,17,18). The SMILES string of the molecule is CCNc1cc(-c2cc3ccccc3o2)nc(C)n1. The highest BCUT2D eigenvalue weighted by Crippen LogP contribution is 2.27. The molecule has 0 aliphatic carbocycles. The van der Waals surface area contributed by atoms with E-state index in [1.165, 1.54) is 0 Å². The van der Waals surface area contributed by atoms with Gasteiger partial charge in [-0.15, -0.1) is 0 Å². The highest BCUT2D eigenvalue weighted by atomic mass is 16.3. The summed E-state index contributed by atoms with van der Waals surface area (Å²) in [6.07, 6.45) is 0. The molecule has 4 heteroatoms. The van der Waals surface area contributed by atoms with Crippen LogP contribution in [0.25, 0.3) is 22.4 Å². The third-order valence-electron chi connectivity index (χ3n) is 2.87. The van der Waals surface area contributed by atoms with E-state index in [-0.39, 0.29) is 0 Å². The Morgan fingerprint density at radius 1 is 1.16 bits per heavy atom. The van der Waals surface area contributed by atoms with E-state index >= 15 is 0 Å². The number of fused-ring (bicyclic) bond motifs is 1. The smallest absolute Gasteiger partial charge is 0.154 e. The van der Waals surface area contributed by atoms with Crippen LogP contribution in [0, 0.1) is 6.92 Å². The predicted octanol–water partition coefficient (Wildman–Crippen LogP) is 3.63. The van der Waals surface area contributed by atoms with E-state index in [9.17, 15) is 0 Å². The van der Waals surface area contributed by atoms with Gasteiger partial charge in [0.2, 0.25) is 0 Å². The summed E-state index contributed by atoms with van der Waals surface area (Å²) in [7, 11) is 0. The summed E-state index contributed by atoms with van der Waals surface area (Å²) in [4.78, 5) is 8.78. The second-order valence-electron chi connectivity index (χ2n) is 4.36. The van der Waals surface area contributed by atoms with Gasteiger partial charge < -0.3 is 9.73 Å². The average Bonchev–Trinajstić information content (AvgIpc) is 2.82. The van der Waals surface area contributed by atoms with Crippen molar-refractivity contribution in [3.05, 3.63) is 42.2 Å². The Bertz CT molecular complexity index is 685. The molecule has 0 saturated heterocycles. The van der Waals surface area contributed by atoms with Crippen LogP contribution in [0.5, 0.6) is 0 Å². The number of para-hydroxylation sites is 1. The minimum Gasteiger partial charge on any atom is -0.454 e. The summed E-state index contributed by atoms with van der Waals surface area (Å²) in [6, 6.07) is 11.9. The fraction of sp³-hybridized carbons (Fsp3) is 0.200. The van der Waals surface area contributed by atoms with Crippen LogP contribution in [0.4, 0.5) is 5.82 Å². The van der Waals surface area contributed by atoms with Crippen molar-refractivity contribution in [2.45, 2.75) is 13.8 Å². The van der Waals surface area contributed by atoms with Gasteiger partial charge in [-0.1, -0.05) is 18.2 Å². The normalized spacial score (nSPS) is 10.8. The lowest BCUT2D eigenvalue weighted by molar-refractivity contribution is 0.628. The number of furan rings is 1. The first-order chi connectivity index (χ1) is 9.26. The number of aryl methyl sites for hydroxylation is 1. The fourth-order valence-electron chi connectivity index (χ4n) is 2.07. The molecule has 4 nitrogen and oxygen atoms in total.